The lowest BCUT2D eigenvalue weighted by molar-refractivity contribution is -0.116. The average molecular weight is 425 g/mol. The molecule has 0 fully saturated rings. The first-order chi connectivity index (χ1) is 13.0. The maximum Gasteiger partial charge on any atom is 0.337 e. The summed E-state index contributed by atoms with van der Waals surface area (Å²) in [5.41, 5.74) is 1.69. The minimum Gasteiger partial charge on any atom is -0.465 e. The van der Waals surface area contributed by atoms with Gasteiger partial charge in [-0.1, -0.05) is 17.7 Å². The first-order valence-electron chi connectivity index (χ1n) is 8.29. The lowest BCUT2D eigenvalue weighted by Gasteiger charge is -2.28. The molecule has 0 radical (unpaired) electrons. The Kier molecular flexibility index (Phi) is 6.69. The van der Waals surface area contributed by atoms with Crippen LogP contribution in [0.2, 0.25) is 5.02 Å². The molecule has 150 valence electrons. The van der Waals surface area contributed by atoms with Crippen molar-refractivity contribution in [2.24, 2.45) is 0 Å². The fourth-order valence-corrected chi connectivity index (χ4v) is 3.94. The molecule has 9 heteroatoms. The fourth-order valence-electron chi connectivity index (χ4n) is 2.64. The highest BCUT2D eigenvalue weighted by atomic mass is 35.5. The van der Waals surface area contributed by atoms with E-state index in [1.807, 2.05) is 0 Å². The molecule has 2 aromatic carbocycles. The summed E-state index contributed by atoms with van der Waals surface area (Å²) < 4.78 is 30.3. The molecule has 0 bridgehead atoms. The summed E-state index contributed by atoms with van der Waals surface area (Å²) >= 11 is 5.86. The number of benzene rings is 2. The normalized spacial score (nSPS) is 12.2. The summed E-state index contributed by atoms with van der Waals surface area (Å²) in [5, 5.41) is 3.13. The lowest BCUT2D eigenvalue weighted by Crippen LogP contribution is -2.45. The first kappa shape index (κ1) is 21.7. The highest BCUT2D eigenvalue weighted by Crippen LogP contribution is 2.24. The largest absolute Gasteiger partial charge is 0.465 e. The van der Waals surface area contributed by atoms with Gasteiger partial charge in [-0.25, -0.2) is 13.2 Å². The molecule has 1 atom stereocenters. The second-order valence-corrected chi connectivity index (χ2v) is 8.52. The molecule has 1 amide bonds. The second-order valence-electron chi connectivity index (χ2n) is 6.22. The van der Waals surface area contributed by atoms with Gasteiger partial charge in [-0.3, -0.25) is 9.10 Å². The molecule has 2 rings (SSSR count). The van der Waals surface area contributed by atoms with Crippen LogP contribution >= 0.6 is 11.6 Å². The quantitative estimate of drug-likeness (QED) is 0.718. The van der Waals surface area contributed by atoms with Crippen LogP contribution in [0.15, 0.2) is 42.5 Å². The fraction of sp³-hybridized carbons (Fsp3) is 0.263. The first-order valence-corrected chi connectivity index (χ1v) is 10.5. The van der Waals surface area contributed by atoms with Crippen LogP contribution in [0.25, 0.3) is 0 Å². The van der Waals surface area contributed by atoms with Crippen molar-refractivity contribution < 1.29 is 22.7 Å². The number of nitrogens with zero attached hydrogens (tertiary/aromatic N) is 1. The van der Waals surface area contributed by atoms with Gasteiger partial charge in [0.25, 0.3) is 0 Å². The van der Waals surface area contributed by atoms with Gasteiger partial charge in [-0.15, -0.1) is 0 Å². The molecular formula is C19H21ClN2O5S. The molecule has 1 unspecified atom stereocenters. The zero-order valence-corrected chi connectivity index (χ0v) is 17.5. The highest BCUT2D eigenvalue weighted by molar-refractivity contribution is 7.92. The minimum absolute atomic E-state index is 0.272. The maximum atomic E-state index is 12.8. The predicted molar refractivity (Wildman–Crippen MR) is 109 cm³/mol. The third-order valence-corrected chi connectivity index (χ3v) is 5.58. The number of methoxy groups -OCH3 is 1. The van der Waals surface area contributed by atoms with Crippen molar-refractivity contribution in [1.82, 2.24) is 0 Å². The van der Waals surface area contributed by atoms with E-state index >= 15 is 0 Å². The predicted octanol–water partition coefficient (Wildman–Crippen LogP) is 3.23. The number of halogens is 1. The summed E-state index contributed by atoms with van der Waals surface area (Å²) in [6, 6.07) is 9.83. The van der Waals surface area contributed by atoms with Gasteiger partial charge >= 0.3 is 5.97 Å². The van der Waals surface area contributed by atoms with Crippen LogP contribution < -0.4 is 9.62 Å². The number of hydrogen-bond acceptors (Lipinski definition) is 5. The number of hydrogen-bond donors (Lipinski definition) is 1. The smallest absolute Gasteiger partial charge is 0.337 e. The van der Waals surface area contributed by atoms with E-state index in [2.05, 4.69) is 10.1 Å². The van der Waals surface area contributed by atoms with Crippen molar-refractivity contribution in [1.29, 1.82) is 0 Å². The van der Waals surface area contributed by atoms with Gasteiger partial charge in [0.05, 0.1) is 24.6 Å². The van der Waals surface area contributed by atoms with Crippen LogP contribution in [-0.4, -0.2) is 39.7 Å². The van der Waals surface area contributed by atoms with Gasteiger partial charge in [0.2, 0.25) is 15.9 Å². The summed E-state index contributed by atoms with van der Waals surface area (Å²) in [6.45, 7) is 3.24. The number of anilines is 2. The van der Waals surface area contributed by atoms with E-state index in [9.17, 15) is 18.0 Å². The van der Waals surface area contributed by atoms with Crippen molar-refractivity contribution in [2.75, 3.05) is 23.0 Å². The van der Waals surface area contributed by atoms with Gasteiger partial charge in [0.15, 0.2) is 0 Å². The zero-order chi connectivity index (χ0) is 21.1. The second kappa shape index (κ2) is 8.62. The highest BCUT2D eigenvalue weighted by Gasteiger charge is 2.29. The number of rotatable bonds is 6. The van der Waals surface area contributed by atoms with Gasteiger partial charge in [-0.2, -0.15) is 0 Å². The monoisotopic (exact) mass is 424 g/mol. The Hall–Kier alpha value is -2.58. The number of esters is 1. The SMILES string of the molecule is COC(=O)c1ccc(C)c(NC(=O)C(C)N(c2ccc(Cl)cc2)S(C)(=O)=O)c1. The van der Waals surface area contributed by atoms with E-state index in [0.29, 0.717) is 22.0 Å². The molecule has 7 nitrogen and oxygen atoms in total. The summed E-state index contributed by atoms with van der Waals surface area (Å²) in [6.07, 6.45) is 1.02. The molecule has 0 saturated heterocycles. The molecule has 0 spiro atoms. The van der Waals surface area contributed by atoms with Gasteiger partial charge in [0.1, 0.15) is 6.04 Å². The minimum atomic E-state index is -3.75. The number of ether oxygens (including phenoxy) is 1. The number of nitrogens with one attached hydrogen (secondary N) is 1. The number of carbonyl (C=O) groups excluding carboxylic acids is 2. The topological polar surface area (TPSA) is 92.8 Å². The molecule has 28 heavy (non-hydrogen) atoms. The van der Waals surface area contributed by atoms with Gasteiger partial charge in [0, 0.05) is 10.7 Å². The van der Waals surface area contributed by atoms with E-state index in [-0.39, 0.29) is 5.56 Å². The van der Waals surface area contributed by atoms with Gasteiger partial charge in [-0.05, 0) is 55.8 Å². The Morgan fingerprint density at radius 2 is 1.75 bits per heavy atom. The molecular weight excluding hydrogens is 404 g/mol. The molecule has 1 N–H and O–H groups in total. The Morgan fingerprint density at radius 1 is 1.14 bits per heavy atom. The van der Waals surface area contributed by atoms with Crippen molar-refractivity contribution in [3.05, 3.63) is 58.6 Å². The number of amides is 1. The molecule has 0 aliphatic heterocycles. The molecule has 0 aromatic heterocycles. The summed E-state index contributed by atoms with van der Waals surface area (Å²) in [4.78, 5) is 24.5. The summed E-state index contributed by atoms with van der Waals surface area (Å²) in [7, 11) is -2.49. The van der Waals surface area contributed by atoms with Crippen LogP contribution in [0.4, 0.5) is 11.4 Å². The molecule has 0 heterocycles. The number of carbonyl (C=O) groups is 2. The Labute approximate surface area is 169 Å². The van der Waals surface area contributed by atoms with Crippen LogP contribution in [0, 0.1) is 6.92 Å². The Morgan fingerprint density at radius 3 is 2.29 bits per heavy atom. The third-order valence-electron chi connectivity index (χ3n) is 4.09. The average Bonchev–Trinajstić information content (AvgIpc) is 2.63. The maximum absolute atomic E-state index is 12.8. The van der Waals surface area contributed by atoms with E-state index in [1.54, 1.807) is 31.2 Å². The zero-order valence-electron chi connectivity index (χ0n) is 15.9. The molecule has 0 aliphatic rings. The molecule has 2 aromatic rings. The van der Waals surface area contributed by atoms with Crippen molar-refractivity contribution in [2.45, 2.75) is 19.9 Å². The van der Waals surface area contributed by atoms with Crippen LogP contribution in [0.5, 0.6) is 0 Å². The van der Waals surface area contributed by atoms with Gasteiger partial charge < -0.3 is 10.1 Å². The molecule has 0 aliphatic carbocycles. The van der Waals surface area contributed by atoms with E-state index in [4.69, 9.17) is 11.6 Å². The number of sulfonamides is 1. The van der Waals surface area contributed by atoms with E-state index < -0.39 is 27.9 Å². The summed E-state index contributed by atoms with van der Waals surface area (Å²) in [5.74, 6) is -1.09. The standard InChI is InChI=1S/C19H21ClN2O5S/c1-12-5-6-14(19(24)27-3)11-17(12)21-18(23)13(2)22(28(4,25)26)16-9-7-15(20)8-10-16/h5-11,13H,1-4H3,(H,21,23). The van der Waals surface area contributed by atoms with E-state index in [0.717, 1.165) is 10.6 Å². The van der Waals surface area contributed by atoms with E-state index in [1.165, 1.54) is 32.2 Å². The van der Waals surface area contributed by atoms with Crippen molar-refractivity contribution in [3.8, 4) is 0 Å². The Bertz CT molecular complexity index is 990. The Balaban J connectivity index is 2.34. The van der Waals surface area contributed by atoms with Crippen LogP contribution in [0.3, 0.4) is 0 Å². The van der Waals surface area contributed by atoms with Crippen LogP contribution in [0.1, 0.15) is 22.8 Å². The van der Waals surface area contributed by atoms with Crippen molar-refractivity contribution >= 4 is 44.9 Å². The number of aryl methyl sites for hydroxylation is 1. The molecule has 0 saturated carbocycles. The van der Waals surface area contributed by atoms with Crippen LogP contribution in [-0.2, 0) is 19.6 Å². The third kappa shape index (κ3) is 5.02. The lowest BCUT2D eigenvalue weighted by atomic mass is 10.1. The van der Waals surface area contributed by atoms with Crippen molar-refractivity contribution in [3.63, 3.8) is 0 Å².